The molecule has 5 heteroatoms. The van der Waals surface area contributed by atoms with Gasteiger partial charge in [0.15, 0.2) is 11.5 Å². The van der Waals surface area contributed by atoms with Crippen molar-refractivity contribution in [2.24, 2.45) is 0 Å². The minimum Gasteiger partial charge on any atom is -0.493 e. The Balaban J connectivity index is 0.00000289. The molecule has 0 amide bonds. The quantitative estimate of drug-likeness (QED) is 0.837. The van der Waals surface area contributed by atoms with E-state index < -0.39 is 0 Å². The van der Waals surface area contributed by atoms with Gasteiger partial charge in [-0.1, -0.05) is 6.07 Å². The van der Waals surface area contributed by atoms with Crippen molar-refractivity contribution >= 4 is 17.0 Å². The number of benzene rings is 1. The van der Waals surface area contributed by atoms with E-state index in [-0.39, 0.29) is 17.0 Å². The number of ether oxygens (including phenoxy) is 3. The molecule has 1 aromatic carbocycles. The monoisotopic (exact) mass is 319 g/mol. The maximum Gasteiger partial charge on any atom is 0.161 e. The van der Waals surface area contributed by atoms with E-state index in [4.69, 9.17) is 14.2 Å². The van der Waals surface area contributed by atoms with Gasteiger partial charge in [-0.05, 0) is 24.6 Å². The third-order valence-corrected chi connectivity index (χ3v) is 2.52. The lowest BCUT2D eigenvalue weighted by Gasteiger charge is -2.14. The van der Waals surface area contributed by atoms with Gasteiger partial charge in [0.2, 0.25) is 0 Å². The summed E-state index contributed by atoms with van der Waals surface area (Å²) < 4.78 is 15.5. The van der Waals surface area contributed by atoms with E-state index in [0.717, 1.165) is 23.6 Å². The minimum atomic E-state index is 0. The Bertz CT molecular complexity index is 347. The first-order chi connectivity index (χ1) is 8.21. The summed E-state index contributed by atoms with van der Waals surface area (Å²) in [5.41, 5.74) is 1.16. The molecule has 0 aliphatic rings. The Morgan fingerprint density at radius 2 is 1.78 bits per heavy atom. The van der Waals surface area contributed by atoms with E-state index in [1.165, 1.54) is 0 Å². The van der Waals surface area contributed by atoms with Crippen LogP contribution < -0.4 is 14.8 Å². The van der Waals surface area contributed by atoms with Gasteiger partial charge in [0.25, 0.3) is 0 Å². The first-order valence-corrected chi connectivity index (χ1v) is 5.64. The Hall–Kier alpha value is -0.780. The Morgan fingerprint density at radius 1 is 1.11 bits per heavy atom. The Labute approximate surface area is 119 Å². The molecule has 1 aromatic rings. The number of halogens is 1. The fourth-order valence-corrected chi connectivity index (χ4v) is 1.59. The van der Waals surface area contributed by atoms with Crippen molar-refractivity contribution in [1.82, 2.24) is 5.32 Å². The van der Waals surface area contributed by atoms with E-state index in [2.05, 4.69) is 12.2 Å². The van der Waals surface area contributed by atoms with Crippen LogP contribution in [0.4, 0.5) is 0 Å². The largest absolute Gasteiger partial charge is 0.493 e. The van der Waals surface area contributed by atoms with E-state index >= 15 is 0 Å². The second-order valence-electron chi connectivity index (χ2n) is 3.93. The molecule has 1 rings (SSSR count). The van der Waals surface area contributed by atoms with E-state index in [1.54, 1.807) is 21.3 Å². The van der Waals surface area contributed by atoms with Gasteiger partial charge in [-0.25, -0.2) is 0 Å². The van der Waals surface area contributed by atoms with Crippen LogP contribution >= 0.6 is 17.0 Å². The second-order valence-corrected chi connectivity index (χ2v) is 3.93. The van der Waals surface area contributed by atoms with Crippen LogP contribution in [0.2, 0.25) is 0 Å². The summed E-state index contributed by atoms with van der Waals surface area (Å²) in [7, 11) is 4.98. The first kappa shape index (κ1) is 17.2. The lowest BCUT2D eigenvalue weighted by Crippen LogP contribution is -2.29. The lowest BCUT2D eigenvalue weighted by molar-refractivity contribution is 0.171. The molecule has 0 aliphatic carbocycles. The first-order valence-electron chi connectivity index (χ1n) is 5.64. The summed E-state index contributed by atoms with van der Waals surface area (Å²) in [6.07, 6.45) is 0. The van der Waals surface area contributed by atoms with Gasteiger partial charge >= 0.3 is 0 Å². The highest BCUT2D eigenvalue weighted by Gasteiger charge is 2.05. The van der Waals surface area contributed by atoms with Crippen molar-refractivity contribution in [2.75, 3.05) is 27.9 Å². The van der Waals surface area contributed by atoms with Crippen molar-refractivity contribution in [3.05, 3.63) is 23.8 Å². The second kappa shape index (κ2) is 9.19. The predicted molar refractivity (Wildman–Crippen MR) is 78.0 cm³/mol. The lowest BCUT2D eigenvalue weighted by atomic mass is 10.2. The molecule has 0 bridgehead atoms. The minimum absolute atomic E-state index is 0. The van der Waals surface area contributed by atoms with Crippen LogP contribution in [0, 0.1) is 0 Å². The molecule has 0 aromatic heterocycles. The normalized spacial score (nSPS) is 11.6. The topological polar surface area (TPSA) is 39.7 Å². The SMILES string of the molecule is Br.COCC(C)NCc1ccc(OC)c(OC)c1. The average molecular weight is 320 g/mol. The molecule has 0 aliphatic heterocycles. The zero-order valence-electron chi connectivity index (χ0n) is 11.4. The number of rotatable bonds is 7. The molecule has 0 saturated heterocycles. The fourth-order valence-electron chi connectivity index (χ4n) is 1.59. The smallest absolute Gasteiger partial charge is 0.161 e. The summed E-state index contributed by atoms with van der Waals surface area (Å²) >= 11 is 0. The van der Waals surface area contributed by atoms with Crippen LogP contribution in [-0.2, 0) is 11.3 Å². The Kier molecular flexibility index (Phi) is 8.79. The van der Waals surface area contributed by atoms with Gasteiger partial charge in [0.05, 0.1) is 20.8 Å². The molecule has 0 fully saturated rings. The van der Waals surface area contributed by atoms with Crippen molar-refractivity contribution < 1.29 is 14.2 Å². The maximum absolute atomic E-state index is 5.25. The Morgan fingerprint density at radius 3 is 2.33 bits per heavy atom. The van der Waals surface area contributed by atoms with Crippen LogP contribution in [-0.4, -0.2) is 34.0 Å². The van der Waals surface area contributed by atoms with E-state index in [0.29, 0.717) is 12.6 Å². The molecule has 1 unspecified atom stereocenters. The van der Waals surface area contributed by atoms with Gasteiger partial charge in [-0.15, -0.1) is 17.0 Å². The molecular formula is C13H22BrNO3. The molecule has 0 spiro atoms. The molecule has 0 radical (unpaired) electrons. The number of hydrogen-bond acceptors (Lipinski definition) is 4. The third-order valence-electron chi connectivity index (χ3n) is 2.52. The van der Waals surface area contributed by atoms with Gasteiger partial charge in [-0.2, -0.15) is 0 Å². The van der Waals surface area contributed by atoms with Gasteiger partial charge in [-0.3, -0.25) is 0 Å². The zero-order valence-corrected chi connectivity index (χ0v) is 13.1. The van der Waals surface area contributed by atoms with Crippen molar-refractivity contribution in [2.45, 2.75) is 19.5 Å². The molecule has 1 N–H and O–H groups in total. The summed E-state index contributed by atoms with van der Waals surface area (Å²) in [4.78, 5) is 0. The third kappa shape index (κ3) is 5.25. The highest BCUT2D eigenvalue weighted by atomic mass is 79.9. The van der Waals surface area contributed by atoms with Crippen LogP contribution in [0.25, 0.3) is 0 Å². The highest BCUT2D eigenvalue weighted by molar-refractivity contribution is 8.93. The molecular weight excluding hydrogens is 298 g/mol. The van der Waals surface area contributed by atoms with Crippen LogP contribution in [0.15, 0.2) is 18.2 Å². The summed E-state index contributed by atoms with van der Waals surface area (Å²) in [5, 5.41) is 3.37. The molecule has 18 heavy (non-hydrogen) atoms. The zero-order chi connectivity index (χ0) is 12.7. The van der Waals surface area contributed by atoms with Crippen molar-refractivity contribution in [3.63, 3.8) is 0 Å². The molecule has 104 valence electrons. The molecule has 0 saturated carbocycles. The summed E-state index contributed by atoms with van der Waals surface area (Å²) in [5.74, 6) is 1.51. The maximum atomic E-state index is 5.25. The average Bonchev–Trinajstić information content (AvgIpc) is 2.36. The molecule has 0 heterocycles. The number of methoxy groups -OCH3 is 3. The standard InChI is InChI=1S/C13H21NO3.BrH/c1-10(9-15-2)14-8-11-5-6-12(16-3)13(7-11)17-4;/h5-7,10,14H,8-9H2,1-4H3;1H. The fraction of sp³-hybridized carbons (Fsp3) is 0.538. The highest BCUT2D eigenvalue weighted by Crippen LogP contribution is 2.27. The van der Waals surface area contributed by atoms with Crippen molar-refractivity contribution in [1.29, 1.82) is 0 Å². The van der Waals surface area contributed by atoms with E-state index in [9.17, 15) is 0 Å². The predicted octanol–water partition coefficient (Wildman–Crippen LogP) is 2.41. The van der Waals surface area contributed by atoms with Crippen LogP contribution in [0.3, 0.4) is 0 Å². The number of nitrogens with one attached hydrogen (secondary N) is 1. The van der Waals surface area contributed by atoms with Gasteiger partial charge in [0, 0.05) is 19.7 Å². The van der Waals surface area contributed by atoms with Crippen LogP contribution in [0.1, 0.15) is 12.5 Å². The van der Waals surface area contributed by atoms with Gasteiger partial charge < -0.3 is 19.5 Å². The molecule has 4 nitrogen and oxygen atoms in total. The van der Waals surface area contributed by atoms with Crippen molar-refractivity contribution in [3.8, 4) is 11.5 Å². The van der Waals surface area contributed by atoms with Gasteiger partial charge in [0.1, 0.15) is 0 Å². The summed E-state index contributed by atoms with van der Waals surface area (Å²) in [6, 6.07) is 6.24. The molecule has 1 atom stereocenters. The number of hydrogen-bond donors (Lipinski definition) is 1. The summed E-state index contributed by atoms with van der Waals surface area (Å²) in [6.45, 7) is 3.57. The van der Waals surface area contributed by atoms with Crippen LogP contribution in [0.5, 0.6) is 11.5 Å². The van der Waals surface area contributed by atoms with E-state index in [1.807, 2.05) is 18.2 Å².